The van der Waals surface area contributed by atoms with Crippen LogP contribution < -0.4 is 0 Å². The summed E-state index contributed by atoms with van der Waals surface area (Å²) in [5.41, 5.74) is 0.196. The average molecular weight is 156 g/mol. The molecule has 0 unspecified atom stereocenters. The second-order valence-electron chi connectivity index (χ2n) is 1.92. The summed E-state index contributed by atoms with van der Waals surface area (Å²) in [5.74, 6) is -0.285. The topological polar surface area (TPSA) is 17.1 Å². The van der Waals surface area contributed by atoms with Gasteiger partial charge in [-0.15, -0.1) is 0 Å². The highest BCUT2D eigenvalue weighted by Crippen LogP contribution is 2.17. The highest BCUT2D eigenvalue weighted by molar-refractivity contribution is 5.78. The van der Waals surface area contributed by atoms with Crippen LogP contribution in [0.25, 0.3) is 0 Å². The van der Waals surface area contributed by atoms with Gasteiger partial charge in [-0.2, -0.15) is 0 Å². The Balaban J connectivity index is 0.000000461. The highest BCUT2D eigenvalue weighted by Gasteiger charge is 2.04. The van der Waals surface area contributed by atoms with Crippen LogP contribution in [0.1, 0.15) is 26.7 Å². The van der Waals surface area contributed by atoms with Gasteiger partial charge in [0.05, 0.1) is 0 Å². The van der Waals surface area contributed by atoms with Crippen LogP contribution in [-0.4, -0.2) is 6.29 Å². The van der Waals surface area contributed by atoms with Crippen molar-refractivity contribution in [3.63, 3.8) is 0 Å². The predicted octanol–water partition coefficient (Wildman–Crippen LogP) is 2.79. The lowest BCUT2D eigenvalue weighted by Crippen LogP contribution is -1.90. The van der Waals surface area contributed by atoms with Gasteiger partial charge in [0.25, 0.3) is 0 Å². The van der Waals surface area contributed by atoms with Gasteiger partial charge in [0.15, 0.2) is 6.29 Å². The molecule has 1 nitrogen and oxygen atoms in total. The molecule has 0 aromatic carbocycles. The zero-order valence-electron chi connectivity index (χ0n) is 6.93. The molecule has 0 radical (unpaired) electrons. The molecule has 1 rings (SSSR count). The first-order chi connectivity index (χ1) is 5.34. The molecule has 0 heterocycles. The van der Waals surface area contributed by atoms with E-state index in [-0.39, 0.29) is 11.4 Å². The molecule has 0 bridgehead atoms. The van der Waals surface area contributed by atoms with Gasteiger partial charge in [-0.3, -0.25) is 4.79 Å². The van der Waals surface area contributed by atoms with E-state index in [2.05, 4.69) is 0 Å². The first-order valence-corrected chi connectivity index (χ1v) is 3.85. The Bertz CT molecular complexity index is 180. The second kappa shape index (κ2) is 5.83. The average Bonchev–Trinajstić information content (AvgIpc) is 2.09. The molecule has 0 aromatic rings. The largest absolute Gasteiger partial charge is 0.298 e. The van der Waals surface area contributed by atoms with Gasteiger partial charge >= 0.3 is 0 Å². The molecule has 0 atom stereocenters. The number of carbonyl (C=O) groups is 1. The molecular weight excluding hydrogens is 143 g/mol. The summed E-state index contributed by atoms with van der Waals surface area (Å²) in [6, 6.07) is 0. The third-order valence-corrected chi connectivity index (χ3v) is 1.27. The standard InChI is InChI=1S/C7H7FO.C2H6/c8-7-4-2-1-3-6(7)5-9;1-2/h1,3,5H,2,4H2;1-2H3. The minimum absolute atomic E-state index is 0.196. The first-order valence-electron chi connectivity index (χ1n) is 3.85. The minimum atomic E-state index is -0.285. The fourth-order valence-electron chi connectivity index (χ4n) is 0.758. The van der Waals surface area contributed by atoms with Crippen LogP contribution in [0.15, 0.2) is 23.6 Å². The SMILES string of the molecule is CC.O=CC1=C(F)CCC=C1. The van der Waals surface area contributed by atoms with E-state index in [9.17, 15) is 9.18 Å². The smallest absolute Gasteiger partial charge is 0.152 e. The normalized spacial score (nSPS) is 15.5. The molecule has 0 saturated heterocycles. The Morgan fingerprint density at radius 3 is 2.55 bits per heavy atom. The lowest BCUT2D eigenvalue weighted by molar-refractivity contribution is -0.104. The predicted molar refractivity (Wildman–Crippen MR) is 43.9 cm³/mol. The molecule has 11 heavy (non-hydrogen) atoms. The van der Waals surface area contributed by atoms with Crippen molar-refractivity contribution >= 4 is 6.29 Å². The lowest BCUT2D eigenvalue weighted by atomic mass is 10.1. The van der Waals surface area contributed by atoms with Crippen LogP contribution in [0, 0.1) is 0 Å². The molecular formula is C9H13FO. The first kappa shape index (κ1) is 10.1. The van der Waals surface area contributed by atoms with Crippen molar-refractivity contribution < 1.29 is 9.18 Å². The number of hydrogen-bond donors (Lipinski definition) is 0. The van der Waals surface area contributed by atoms with Crippen LogP contribution >= 0.6 is 0 Å². The molecule has 0 aromatic heterocycles. The van der Waals surface area contributed by atoms with Crippen molar-refractivity contribution in [3.05, 3.63) is 23.6 Å². The summed E-state index contributed by atoms with van der Waals surface area (Å²) in [7, 11) is 0. The van der Waals surface area contributed by atoms with Crippen molar-refractivity contribution in [2.45, 2.75) is 26.7 Å². The van der Waals surface area contributed by atoms with Crippen LogP contribution in [0.4, 0.5) is 4.39 Å². The molecule has 0 N–H and O–H groups in total. The van der Waals surface area contributed by atoms with E-state index in [1.807, 2.05) is 13.8 Å². The zero-order chi connectivity index (χ0) is 8.69. The Hall–Kier alpha value is -0.920. The summed E-state index contributed by atoms with van der Waals surface area (Å²) in [6.45, 7) is 4.00. The van der Waals surface area contributed by atoms with Gasteiger partial charge in [0.1, 0.15) is 5.83 Å². The van der Waals surface area contributed by atoms with Crippen molar-refractivity contribution in [2.75, 3.05) is 0 Å². The minimum Gasteiger partial charge on any atom is -0.298 e. The van der Waals surface area contributed by atoms with E-state index in [0.29, 0.717) is 19.1 Å². The van der Waals surface area contributed by atoms with Gasteiger partial charge in [-0.25, -0.2) is 4.39 Å². The Morgan fingerprint density at radius 1 is 1.55 bits per heavy atom. The number of aldehydes is 1. The molecule has 0 fully saturated rings. The van der Waals surface area contributed by atoms with Crippen molar-refractivity contribution in [1.82, 2.24) is 0 Å². The van der Waals surface area contributed by atoms with Gasteiger partial charge < -0.3 is 0 Å². The maximum atomic E-state index is 12.4. The quantitative estimate of drug-likeness (QED) is 0.533. The number of rotatable bonds is 1. The van der Waals surface area contributed by atoms with E-state index < -0.39 is 0 Å². The lowest BCUT2D eigenvalue weighted by Gasteiger charge is -2.01. The van der Waals surface area contributed by atoms with Crippen molar-refractivity contribution in [1.29, 1.82) is 0 Å². The molecule has 1 aliphatic rings. The van der Waals surface area contributed by atoms with Crippen LogP contribution in [0.5, 0.6) is 0 Å². The number of allylic oxidation sites excluding steroid dienone is 4. The van der Waals surface area contributed by atoms with Crippen molar-refractivity contribution in [2.24, 2.45) is 0 Å². The van der Waals surface area contributed by atoms with E-state index in [4.69, 9.17) is 0 Å². The van der Waals surface area contributed by atoms with Gasteiger partial charge in [-0.1, -0.05) is 26.0 Å². The van der Waals surface area contributed by atoms with E-state index in [1.54, 1.807) is 6.08 Å². The molecule has 0 amide bonds. The summed E-state index contributed by atoms with van der Waals surface area (Å²) in [5, 5.41) is 0. The van der Waals surface area contributed by atoms with Gasteiger partial charge in [-0.05, 0) is 6.42 Å². The molecule has 62 valence electrons. The third-order valence-electron chi connectivity index (χ3n) is 1.27. The molecule has 0 saturated carbocycles. The summed E-state index contributed by atoms with van der Waals surface area (Å²) >= 11 is 0. The van der Waals surface area contributed by atoms with E-state index in [1.165, 1.54) is 6.08 Å². The van der Waals surface area contributed by atoms with E-state index in [0.717, 1.165) is 0 Å². The Kier molecular flexibility index (Phi) is 5.35. The van der Waals surface area contributed by atoms with Crippen molar-refractivity contribution in [3.8, 4) is 0 Å². The Labute approximate surface area is 66.6 Å². The monoisotopic (exact) mass is 156 g/mol. The maximum absolute atomic E-state index is 12.4. The van der Waals surface area contributed by atoms with Gasteiger partial charge in [0, 0.05) is 12.0 Å². The number of halogens is 1. The Morgan fingerprint density at radius 2 is 2.18 bits per heavy atom. The fraction of sp³-hybridized carbons (Fsp3) is 0.444. The molecule has 0 aliphatic heterocycles. The van der Waals surface area contributed by atoms with E-state index >= 15 is 0 Å². The number of hydrogen-bond acceptors (Lipinski definition) is 1. The fourth-order valence-corrected chi connectivity index (χ4v) is 0.758. The summed E-state index contributed by atoms with van der Waals surface area (Å²) in [6.07, 6.45) is 4.96. The zero-order valence-corrected chi connectivity index (χ0v) is 6.93. The highest BCUT2D eigenvalue weighted by atomic mass is 19.1. The van der Waals surface area contributed by atoms with Gasteiger partial charge in [0.2, 0.25) is 0 Å². The van der Waals surface area contributed by atoms with Crippen LogP contribution in [-0.2, 0) is 4.79 Å². The molecule has 0 spiro atoms. The molecule has 1 aliphatic carbocycles. The second-order valence-corrected chi connectivity index (χ2v) is 1.92. The maximum Gasteiger partial charge on any atom is 0.152 e. The molecule has 2 heteroatoms. The summed E-state index contributed by atoms with van der Waals surface area (Å²) in [4.78, 5) is 10.0. The number of carbonyl (C=O) groups excluding carboxylic acids is 1. The third kappa shape index (κ3) is 3.12. The van der Waals surface area contributed by atoms with Crippen LogP contribution in [0.3, 0.4) is 0 Å². The summed E-state index contributed by atoms with van der Waals surface area (Å²) < 4.78 is 12.4. The van der Waals surface area contributed by atoms with Crippen LogP contribution in [0.2, 0.25) is 0 Å².